The highest BCUT2D eigenvalue weighted by Gasteiger charge is 2.05. The molecular formula is C12H19NO. The van der Waals surface area contributed by atoms with E-state index < -0.39 is 0 Å². The fraction of sp³-hybridized carbons (Fsp3) is 0.500. The highest BCUT2D eigenvalue weighted by Crippen LogP contribution is 2.01. The topological polar surface area (TPSA) is 23.5 Å². The molecular weight excluding hydrogens is 174 g/mol. The standard InChI is InChI=1S/C8H10.C4H9NO/c1-2-8-6-4-3-5-7-8;6-5-3-1-2-4-5/h3-7H,2H2,1H3;6H,1-4H2. The summed E-state index contributed by atoms with van der Waals surface area (Å²) in [5.41, 5.74) is 1.41. The zero-order valence-corrected chi connectivity index (χ0v) is 8.82. The summed E-state index contributed by atoms with van der Waals surface area (Å²) < 4.78 is 0. The Bertz CT molecular complexity index is 229. The van der Waals surface area contributed by atoms with Gasteiger partial charge in [-0.15, -0.1) is 0 Å². The van der Waals surface area contributed by atoms with Crippen molar-refractivity contribution in [2.45, 2.75) is 26.2 Å². The SMILES string of the molecule is CCc1ccccc1.ON1CCCC1. The Morgan fingerprint density at radius 2 is 1.71 bits per heavy atom. The normalized spacial score (nSPS) is 16.1. The molecule has 0 radical (unpaired) electrons. The van der Waals surface area contributed by atoms with E-state index in [-0.39, 0.29) is 0 Å². The summed E-state index contributed by atoms with van der Waals surface area (Å²) in [6.45, 7) is 3.91. The van der Waals surface area contributed by atoms with Gasteiger partial charge in [0.1, 0.15) is 0 Å². The van der Waals surface area contributed by atoms with Crippen LogP contribution < -0.4 is 0 Å². The Balaban J connectivity index is 0.000000146. The molecule has 0 bridgehead atoms. The van der Waals surface area contributed by atoms with E-state index in [0.29, 0.717) is 0 Å². The zero-order chi connectivity index (χ0) is 10.2. The molecule has 0 aliphatic carbocycles. The van der Waals surface area contributed by atoms with Crippen LogP contribution in [0, 0.1) is 0 Å². The van der Waals surface area contributed by atoms with Crippen molar-refractivity contribution in [2.24, 2.45) is 0 Å². The molecule has 1 aliphatic rings. The van der Waals surface area contributed by atoms with Crippen LogP contribution in [0.3, 0.4) is 0 Å². The summed E-state index contributed by atoms with van der Waals surface area (Å²) in [6, 6.07) is 10.5. The molecule has 1 fully saturated rings. The van der Waals surface area contributed by atoms with Crippen LogP contribution in [0.4, 0.5) is 0 Å². The predicted molar refractivity (Wildman–Crippen MR) is 58.4 cm³/mol. The molecule has 2 nitrogen and oxygen atoms in total. The fourth-order valence-electron chi connectivity index (χ4n) is 1.41. The van der Waals surface area contributed by atoms with E-state index in [1.807, 2.05) is 6.07 Å². The highest BCUT2D eigenvalue weighted by atomic mass is 16.5. The van der Waals surface area contributed by atoms with E-state index in [1.165, 1.54) is 10.6 Å². The minimum atomic E-state index is 0.875. The van der Waals surface area contributed by atoms with E-state index in [4.69, 9.17) is 5.21 Å². The van der Waals surface area contributed by atoms with E-state index in [1.54, 1.807) is 0 Å². The molecule has 1 aromatic carbocycles. The fourth-order valence-corrected chi connectivity index (χ4v) is 1.41. The van der Waals surface area contributed by atoms with Gasteiger partial charge in [0.2, 0.25) is 0 Å². The van der Waals surface area contributed by atoms with Crippen molar-refractivity contribution in [3.05, 3.63) is 35.9 Å². The Kier molecular flexibility index (Phi) is 5.27. The quantitative estimate of drug-likeness (QED) is 0.741. The maximum atomic E-state index is 8.56. The van der Waals surface area contributed by atoms with Crippen LogP contribution in [0.15, 0.2) is 30.3 Å². The average Bonchev–Trinajstić information content (AvgIpc) is 2.71. The van der Waals surface area contributed by atoms with Gasteiger partial charge >= 0.3 is 0 Å². The number of benzene rings is 1. The van der Waals surface area contributed by atoms with Crippen LogP contribution in [0.25, 0.3) is 0 Å². The number of hydrogen-bond donors (Lipinski definition) is 1. The van der Waals surface area contributed by atoms with Crippen molar-refractivity contribution in [2.75, 3.05) is 13.1 Å². The molecule has 14 heavy (non-hydrogen) atoms. The Morgan fingerprint density at radius 1 is 1.14 bits per heavy atom. The second-order valence-electron chi connectivity index (χ2n) is 3.50. The van der Waals surface area contributed by atoms with Gasteiger partial charge in [0, 0.05) is 13.1 Å². The summed E-state index contributed by atoms with van der Waals surface area (Å²) in [7, 11) is 0. The van der Waals surface area contributed by atoms with Crippen LogP contribution in [0.2, 0.25) is 0 Å². The summed E-state index contributed by atoms with van der Waals surface area (Å²) >= 11 is 0. The number of hydroxylamine groups is 2. The first-order valence-electron chi connectivity index (χ1n) is 5.30. The Hall–Kier alpha value is -0.860. The summed E-state index contributed by atoms with van der Waals surface area (Å²) in [5, 5.41) is 9.92. The molecule has 0 unspecified atom stereocenters. The van der Waals surface area contributed by atoms with Crippen molar-refractivity contribution in [3.63, 3.8) is 0 Å². The second kappa shape index (κ2) is 6.57. The van der Waals surface area contributed by atoms with Crippen molar-refractivity contribution in [1.29, 1.82) is 0 Å². The number of hydrogen-bond acceptors (Lipinski definition) is 2. The lowest BCUT2D eigenvalue weighted by Crippen LogP contribution is -2.11. The lowest BCUT2D eigenvalue weighted by molar-refractivity contribution is -0.0678. The van der Waals surface area contributed by atoms with Gasteiger partial charge in [-0.05, 0) is 24.8 Å². The Labute approximate surface area is 86.1 Å². The summed E-state index contributed by atoms with van der Waals surface area (Å²) in [5.74, 6) is 0. The minimum absolute atomic E-state index is 0.875. The molecule has 1 aromatic rings. The van der Waals surface area contributed by atoms with Gasteiger partial charge in [-0.3, -0.25) is 0 Å². The van der Waals surface area contributed by atoms with Gasteiger partial charge in [0.25, 0.3) is 0 Å². The van der Waals surface area contributed by atoms with E-state index in [0.717, 1.165) is 32.4 Å². The maximum absolute atomic E-state index is 8.56. The van der Waals surface area contributed by atoms with Crippen LogP contribution in [0.5, 0.6) is 0 Å². The number of aryl methyl sites for hydroxylation is 1. The predicted octanol–water partition coefficient (Wildman–Crippen LogP) is 2.72. The molecule has 78 valence electrons. The van der Waals surface area contributed by atoms with Gasteiger partial charge in [-0.1, -0.05) is 37.3 Å². The molecule has 0 aromatic heterocycles. The largest absolute Gasteiger partial charge is 0.314 e. The maximum Gasteiger partial charge on any atom is 0.0238 e. The Morgan fingerprint density at radius 3 is 2.00 bits per heavy atom. The lowest BCUT2D eigenvalue weighted by atomic mass is 10.2. The van der Waals surface area contributed by atoms with Crippen molar-refractivity contribution >= 4 is 0 Å². The third kappa shape index (κ3) is 4.40. The monoisotopic (exact) mass is 193 g/mol. The highest BCUT2D eigenvalue weighted by molar-refractivity contribution is 5.13. The van der Waals surface area contributed by atoms with Crippen molar-refractivity contribution in [3.8, 4) is 0 Å². The number of rotatable bonds is 1. The van der Waals surface area contributed by atoms with Crippen molar-refractivity contribution in [1.82, 2.24) is 5.06 Å². The molecule has 2 rings (SSSR count). The third-order valence-corrected chi connectivity index (χ3v) is 2.33. The van der Waals surface area contributed by atoms with Crippen molar-refractivity contribution < 1.29 is 5.21 Å². The molecule has 0 saturated carbocycles. The molecule has 1 aliphatic heterocycles. The second-order valence-corrected chi connectivity index (χ2v) is 3.50. The first-order chi connectivity index (χ1) is 6.83. The zero-order valence-electron chi connectivity index (χ0n) is 8.82. The first kappa shape index (κ1) is 11.2. The van der Waals surface area contributed by atoms with Gasteiger partial charge in [0.05, 0.1) is 0 Å². The van der Waals surface area contributed by atoms with Gasteiger partial charge in [-0.2, -0.15) is 5.06 Å². The molecule has 0 spiro atoms. The minimum Gasteiger partial charge on any atom is -0.314 e. The van der Waals surface area contributed by atoms with Crippen LogP contribution >= 0.6 is 0 Å². The average molecular weight is 193 g/mol. The summed E-state index contributed by atoms with van der Waals surface area (Å²) in [6.07, 6.45) is 3.47. The van der Waals surface area contributed by atoms with Gasteiger partial charge < -0.3 is 5.21 Å². The smallest absolute Gasteiger partial charge is 0.0238 e. The molecule has 0 atom stereocenters. The van der Waals surface area contributed by atoms with Gasteiger partial charge in [0.15, 0.2) is 0 Å². The van der Waals surface area contributed by atoms with E-state index >= 15 is 0 Å². The molecule has 1 N–H and O–H groups in total. The van der Waals surface area contributed by atoms with Crippen LogP contribution in [-0.4, -0.2) is 23.4 Å². The molecule has 0 amide bonds. The lowest BCUT2D eigenvalue weighted by Gasteiger charge is -1.99. The molecule has 2 heteroatoms. The van der Waals surface area contributed by atoms with Crippen LogP contribution in [-0.2, 0) is 6.42 Å². The molecule has 1 saturated heterocycles. The number of nitrogens with zero attached hydrogens (tertiary/aromatic N) is 1. The third-order valence-electron chi connectivity index (χ3n) is 2.33. The molecule has 1 heterocycles. The summed E-state index contributed by atoms with van der Waals surface area (Å²) in [4.78, 5) is 0. The van der Waals surface area contributed by atoms with E-state index in [9.17, 15) is 0 Å². The van der Waals surface area contributed by atoms with Crippen LogP contribution in [0.1, 0.15) is 25.3 Å². The first-order valence-corrected chi connectivity index (χ1v) is 5.30. The van der Waals surface area contributed by atoms with E-state index in [2.05, 4.69) is 31.2 Å². The van der Waals surface area contributed by atoms with Gasteiger partial charge in [-0.25, -0.2) is 0 Å².